The summed E-state index contributed by atoms with van der Waals surface area (Å²) in [5.74, 6) is 3.03. The highest BCUT2D eigenvalue weighted by Crippen LogP contribution is 2.22. The van der Waals surface area contributed by atoms with Crippen LogP contribution in [0, 0.1) is 11.8 Å². The zero-order valence-electron chi connectivity index (χ0n) is 15.0. The lowest BCUT2D eigenvalue weighted by atomic mass is 10.2. The first-order valence-corrected chi connectivity index (χ1v) is 9.95. The summed E-state index contributed by atoms with van der Waals surface area (Å²) >= 11 is 1.74. The molecule has 0 radical (unpaired) electrons. The summed E-state index contributed by atoms with van der Waals surface area (Å²) in [5.41, 5.74) is 0. The maximum absolute atomic E-state index is 12.4. The molecule has 0 aromatic heterocycles. The Morgan fingerprint density at radius 3 is 2.57 bits per heavy atom. The fourth-order valence-electron chi connectivity index (χ4n) is 3.17. The van der Waals surface area contributed by atoms with E-state index in [4.69, 9.17) is 0 Å². The number of carbonyl (C=O) groups is 2. The molecule has 132 valence electrons. The van der Waals surface area contributed by atoms with Crippen molar-refractivity contribution in [1.29, 1.82) is 0 Å². The highest BCUT2D eigenvalue weighted by Gasteiger charge is 2.41. The van der Waals surface area contributed by atoms with Crippen molar-refractivity contribution < 1.29 is 9.59 Å². The van der Waals surface area contributed by atoms with Gasteiger partial charge in [0.05, 0.1) is 11.8 Å². The van der Waals surface area contributed by atoms with Gasteiger partial charge in [-0.15, -0.1) is 0 Å². The van der Waals surface area contributed by atoms with Gasteiger partial charge in [-0.2, -0.15) is 11.8 Å². The zero-order valence-corrected chi connectivity index (χ0v) is 15.8. The Balaban J connectivity index is 1.79. The van der Waals surface area contributed by atoms with Crippen LogP contribution in [-0.4, -0.2) is 76.9 Å². The first-order valence-electron chi connectivity index (χ1n) is 8.79. The van der Waals surface area contributed by atoms with Crippen LogP contribution in [0.1, 0.15) is 34.1 Å². The molecule has 0 saturated carbocycles. The summed E-state index contributed by atoms with van der Waals surface area (Å²) in [7, 11) is 0. The van der Waals surface area contributed by atoms with Crippen LogP contribution in [0.5, 0.6) is 0 Å². The van der Waals surface area contributed by atoms with Gasteiger partial charge in [-0.3, -0.25) is 4.79 Å². The van der Waals surface area contributed by atoms with Crippen LogP contribution >= 0.6 is 11.8 Å². The predicted octanol–water partition coefficient (Wildman–Crippen LogP) is 2.37. The van der Waals surface area contributed by atoms with Crippen molar-refractivity contribution in [3.63, 3.8) is 0 Å². The molecule has 1 unspecified atom stereocenters. The van der Waals surface area contributed by atoms with Gasteiger partial charge in [0.25, 0.3) is 0 Å². The van der Waals surface area contributed by atoms with Gasteiger partial charge >= 0.3 is 6.03 Å². The second kappa shape index (κ2) is 8.27. The van der Waals surface area contributed by atoms with Gasteiger partial charge in [0.15, 0.2) is 0 Å². The molecule has 2 fully saturated rings. The standard InChI is InChI=1S/C17H31N3O2S/c1-13(2)5-8-23-12-16(21)18-6-7-20-15(10-18)11-19(17(20)22)9-14(3)4/h13-15H,5-12H2,1-4H3. The van der Waals surface area contributed by atoms with Crippen molar-refractivity contribution in [2.75, 3.05) is 44.2 Å². The number of fused-ring (bicyclic) bond motifs is 1. The molecule has 0 aromatic rings. The molecule has 6 heteroatoms. The topological polar surface area (TPSA) is 43.9 Å². The minimum atomic E-state index is 0.155. The number of hydrogen-bond donors (Lipinski definition) is 0. The summed E-state index contributed by atoms with van der Waals surface area (Å²) in [5, 5.41) is 0. The zero-order chi connectivity index (χ0) is 17.0. The fraction of sp³-hybridized carbons (Fsp3) is 0.882. The Labute approximate surface area is 144 Å². The molecular formula is C17H31N3O2S. The van der Waals surface area contributed by atoms with Gasteiger partial charge in [-0.25, -0.2) is 4.79 Å². The normalized spacial score (nSPS) is 21.6. The molecule has 1 atom stereocenters. The average Bonchev–Trinajstić information content (AvgIpc) is 2.78. The van der Waals surface area contributed by atoms with Gasteiger partial charge in [0, 0.05) is 32.7 Å². The molecule has 2 aliphatic rings. The van der Waals surface area contributed by atoms with E-state index < -0.39 is 0 Å². The first-order chi connectivity index (χ1) is 10.9. The van der Waals surface area contributed by atoms with E-state index in [-0.39, 0.29) is 18.0 Å². The van der Waals surface area contributed by atoms with Crippen LogP contribution < -0.4 is 0 Å². The highest BCUT2D eigenvalue weighted by molar-refractivity contribution is 7.99. The lowest BCUT2D eigenvalue weighted by molar-refractivity contribution is -0.130. The Hall–Kier alpha value is -0.910. The monoisotopic (exact) mass is 341 g/mol. The number of rotatable bonds is 7. The number of amides is 3. The molecule has 2 saturated heterocycles. The first kappa shape index (κ1) is 18.4. The average molecular weight is 342 g/mol. The minimum Gasteiger partial charge on any atom is -0.338 e. The smallest absolute Gasteiger partial charge is 0.320 e. The molecule has 0 bridgehead atoms. The van der Waals surface area contributed by atoms with Crippen molar-refractivity contribution in [3.05, 3.63) is 0 Å². The molecule has 3 amide bonds. The fourth-order valence-corrected chi connectivity index (χ4v) is 4.31. The van der Waals surface area contributed by atoms with Crippen LogP contribution in [0.4, 0.5) is 4.79 Å². The summed E-state index contributed by atoms with van der Waals surface area (Å²) in [4.78, 5) is 30.6. The van der Waals surface area contributed by atoms with Crippen molar-refractivity contribution >= 4 is 23.7 Å². The quantitative estimate of drug-likeness (QED) is 0.668. The van der Waals surface area contributed by atoms with Gasteiger partial charge in [0.2, 0.25) is 5.91 Å². The summed E-state index contributed by atoms with van der Waals surface area (Å²) < 4.78 is 0. The van der Waals surface area contributed by atoms with Crippen molar-refractivity contribution in [3.8, 4) is 0 Å². The molecule has 0 spiro atoms. The summed E-state index contributed by atoms with van der Waals surface area (Å²) in [6.45, 7) is 12.3. The maximum Gasteiger partial charge on any atom is 0.320 e. The van der Waals surface area contributed by atoms with Gasteiger partial charge in [0.1, 0.15) is 0 Å². The second-order valence-corrected chi connectivity index (χ2v) is 8.61. The molecule has 0 aromatic carbocycles. The number of hydrogen-bond acceptors (Lipinski definition) is 3. The maximum atomic E-state index is 12.4. The Morgan fingerprint density at radius 1 is 1.17 bits per heavy atom. The third kappa shape index (κ3) is 5.03. The summed E-state index contributed by atoms with van der Waals surface area (Å²) in [6, 6.07) is 0.335. The molecule has 0 N–H and O–H groups in total. The molecule has 0 aliphatic carbocycles. The van der Waals surface area contributed by atoms with Crippen LogP contribution in [0.3, 0.4) is 0 Å². The van der Waals surface area contributed by atoms with Crippen molar-refractivity contribution in [1.82, 2.24) is 14.7 Å². The Bertz CT molecular complexity index is 428. The van der Waals surface area contributed by atoms with Crippen LogP contribution in [0.2, 0.25) is 0 Å². The van der Waals surface area contributed by atoms with Gasteiger partial charge in [-0.1, -0.05) is 27.7 Å². The summed E-state index contributed by atoms with van der Waals surface area (Å²) in [6.07, 6.45) is 1.16. The van der Waals surface area contributed by atoms with E-state index >= 15 is 0 Å². The van der Waals surface area contributed by atoms with E-state index in [0.717, 1.165) is 25.3 Å². The van der Waals surface area contributed by atoms with E-state index in [1.165, 1.54) is 0 Å². The molecule has 2 heterocycles. The lowest BCUT2D eigenvalue weighted by Crippen LogP contribution is -2.54. The SMILES string of the molecule is CC(C)CCSCC(=O)N1CCN2C(=O)N(CC(C)C)CC2C1. The Kier molecular flexibility index (Phi) is 6.62. The molecule has 2 aliphatic heterocycles. The molecular weight excluding hydrogens is 310 g/mol. The van der Waals surface area contributed by atoms with E-state index in [2.05, 4.69) is 27.7 Å². The number of nitrogens with zero attached hydrogens (tertiary/aromatic N) is 3. The minimum absolute atomic E-state index is 0.155. The van der Waals surface area contributed by atoms with Crippen molar-refractivity contribution in [2.24, 2.45) is 11.8 Å². The number of carbonyl (C=O) groups excluding carboxylic acids is 2. The number of piperazine rings is 1. The largest absolute Gasteiger partial charge is 0.338 e. The van der Waals surface area contributed by atoms with E-state index in [1.807, 2.05) is 14.7 Å². The van der Waals surface area contributed by atoms with E-state index in [0.29, 0.717) is 37.2 Å². The van der Waals surface area contributed by atoms with E-state index in [1.54, 1.807) is 11.8 Å². The third-order valence-corrected chi connectivity index (χ3v) is 5.41. The number of thioether (sulfide) groups is 1. The number of urea groups is 1. The van der Waals surface area contributed by atoms with Crippen LogP contribution in [-0.2, 0) is 4.79 Å². The lowest BCUT2D eigenvalue weighted by Gasteiger charge is -2.36. The second-order valence-electron chi connectivity index (χ2n) is 7.50. The van der Waals surface area contributed by atoms with E-state index in [9.17, 15) is 9.59 Å². The Morgan fingerprint density at radius 2 is 1.91 bits per heavy atom. The van der Waals surface area contributed by atoms with Crippen LogP contribution in [0.15, 0.2) is 0 Å². The molecule has 23 heavy (non-hydrogen) atoms. The molecule has 5 nitrogen and oxygen atoms in total. The van der Waals surface area contributed by atoms with Crippen LogP contribution in [0.25, 0.3) is 0 Å². The van der Waals surface area contributed by atoms with Gasteiger partial charge in [-0.05, 0) is 24.0 Å². The third-order valence-electron chi connectivity index (χ3n) is 4.43. The van der Waals surface area contributed by atoms with Crippen molar-refractivity contribution in [2.45, 2.75) is 40.2 Å². The highest BCUT2D eigenvalue weighted by atomic mass is 32.2. The predicted molar refractivity (Wildman–Crippen MR) is 95.7 cm³/mol. The molecule has 2 rings (SSSR count). The van der Waals surface area contributed by atoms with Gasteiger partial charge < -0.3 is 14.7 Å².